The van der Waals surface area contributed by atoms with Crippen molar-refractivity contribution in [2.75, 3.05) is 11.9 Å². The van der Waals surface area contributed by atoms with E-state index in [0.29, 0.717) is 10.6 Å². The molecule has 0 aliphatic heterocycles. The van der Waals surface area contributed by atoms with Crippen molar-refractivity contribution in [1.82, 2.24) is 0 Å². The Morgan fingerprint density at radius 1 is 1.09 bits per heavy atom. The summed E-state index contributed by atoms with van der Waals surface area (Å²) in [6.45, 7) is 0. The zero-order valence-electron chi connectivity index (χ0n) is 12.7. The molecule has 1 aliphatic rings. The van der Waals surface area contributed by atoms with Crippen LogP contribution in [-0.2, 0) is 4.79 Å². The number of nitrogens with zero attached hydrogens (tertiary/aromatic N) is 1. The van der Waals surface area contributed by atoms with Gasteiger partial charge in [0.05, 0.1) is 0 Å². The van der Waals surface area contributed by atoms with Crippen molar-refractivity contribution in [2.45, 2.75) is 12.3 Å². The molecule has 0 heterocycles. The standard InChI is InChI=1S/C18H17ClN2O2/c1-21(14-8-4-12(5-9-14)17(20)22)18(23)16-10-15(16)11-2-6-13(19)7-3-11/h2-9,15-16H,10H2,1H3,(H2,20,22). The molecule has 4 nitrogen and oxygen atoms in total. The van der Waals surface area contributed by atoms with E-state index < -0.39 is 5.91 Å². The zero-order chi connectivity index (χ0) is 16.6. The minimum Gasteiger partial charge on any atom is -0.366 e. The van der Waals surface area contributed by atoms with E-state index in [9.17, 15) is 9.59 Å². The Kier molecular flexibility index (Phi) is 4.09. The van der Waals surface area contributed by atoms with Crippen LogP contribution < -0.4 is 10.6 Å². The first-order chi connectivity index (χ1) is 11.0. The molecule has 2 amide bonds. The van der Waals surface area contributed by atoms with Gasteiger partial charge in [-0.3, -0.25) is 9.59 Å². The van der Waals surface area contributed by atoms with Gasteiger partial charge in [0.2, 0.25) is 11.8 Å². The predicted octanol–water partition coefficient (Wildman–Crippen LogP) is 3.21. The van der Waals surface area contributed by atoms with Crippen molar-refractivity contribution in [2.24, 2.45) is 11.7 Å². The second-order valence-electron chi connectivity index (χ2n) is 5.81. The zero-order valence-corrected chi connectivity index (χ0v) is 13.5. The van der Waals surface area contributed by atoms with Crippen molar-refractivity contribution in [3.63, 3.8) is 0 Å². The van der Waals surface area contributed by atoms with Crippen molar-refractivity contribution < 1.29 is 9.59 Å². The predicted molar refractivity (Wildman–Crippen MR) is 90.7 cm³/mol. The normalized spacial score (nSPS) is 19.2. The smallest absolute Gasteiger partial charge is 0.248 e. The van der Waals surface area contributed by atoms with Crippen LogP contribution in [0.5, 0.6) is 0 Å². The lowest BCUT2D eigenvalue weighted by molar-refractivity contribution is -0.119. The van der Waals surface area contributed by atoms with Crippen LogP contribution in [-0.4, -0.2) is 18.9 Å². The van der Waals surface area contributed by atoms with E-state index >= 15 is 0 Å². The first-order valence-electron chi connectivity index (χ1n) is 7.40. The molecule has 2 atom stereocenters. The quantitative estimate of drug-likeness (QED) is 0.936. The summed E-state index contributed by atoms with van der Waals surface area (Å²) in [5, 5.41) is 0.698. The monoisotopic (exact) mass is 328 g/mol. The van der Waals surface area contributed by atoms with E-state index in [1.54, 1.807) is 36.2 Å². The van der Waals surface area contributed by atoms with Crippen LogP contribution in [0, 0.1) is 5.92 Å². The Morgan fingerprint density at radius 3 is 2.26 bits per heavy atom. The van der Waals surface area contributed by atoms with E-state index in [-0.39, 0.29) is 17.7 Å². The maximum atomic E-state index is 12.6. The molecule has 2 unspecified atom stereocenters. The third-order valence-corrected chi connectivity index (χ3v) is 4.53. The maximum absolute atomic E-state index is 12.6. The molecule has 0 saturated heterocycles. The third-order valence-electron chi connectivity index (χ3n) is 4.28. The van der Waals surface area contributed by atoms with Gasteiger partial charge in [-0.05, 0) is 54.3 Å². The van der Waals surface area contributed by atoms with E-state index in [1.165, 1.54) is 0 Å². The number of amides is 2. The lowest BCUT2D eigenvalue weighted by atomic mass is 10.1. The van der Waals surface area contributed by atoms with Gasteiger partial charge in [-0.2, -0.15) is 0 Å². The lowest BCUT2D eigenvalue weighted by Gasteiger charge is -2.17. The highest BCUT2D eigenvalue weighted by Crippen LogP contribution is 2.48. The fourth-order valence-corrected chi connectivity index (χ4v) is 2.90. The molecular weight excluding hydrogens is 312 g/mol. The fourth-order valence-electron chi connectivity index (χ4n) is 2.77. The van der Waals surface area contributed by atoms with Crippen molar-refractivity contribution in [1.29, 1.82) is 0 Å². The average molecular weight is 329 g/mol. The van der Waals surface area contributed by atoms with Crippen LogP contribution in [0.3, 0.4) is 0 Å². The molecule has 5 heteroatoms. The van der Waals surface area contributed by atoms with Gasteiger partial charge < -0.3 is 10.6 Å². The average Bonchev–Trinajstić information content (AvgIpc) is 3.35. The number of hydrogen-bond acceptors (Lipinski definition) is 2. The molecule has 118 valence electrons. The topological polar surface area (TPSA) is 63.4 Å². The highest BCUT2D eigenvalue weighted by molar-refractivity contribution is 6.30. The van der Waals surface area contributed by atoms with Crippen LogP contribution in [0.25, 0.3) is 0 Å². The summed E-state index contributed by atoms with van der Waals surface area (Å²) in [7, 11) is 1.75. The molecule has 2 aromatic rings. The van der Waals surface area contributed by atoms with Gasteiger partial charge in [-0.1, -0.05) is 23.7 Å². The molecule has 1 saturated carbocycles. The number of primary amides is 1. The van der Waals surface area contributed by atoms with Gasteiger partial charge >= 0.3 is 0 Å². The van der Waals surface area contributed by atoms with Crippen molar-refractivity contribution in [3.8, 4) is 0 Å². The number of carbonyl (C=O) groups is 2. The largest absolute Gasteiger partial charge is 0.366 e. The first kappa shape index (κ1) is 15.6. The molecule has 2 N–H and O–H groups in total. The second kappa shape index (κ2) is 6.05. The Morgan fingerprint density at radius 2 is 1.70 bits per heavy atom. The van der Waals surface area contributed by atoms with E-state index in [1.807, 2.05) is 24.3 Å². The Hall–Kier alpha value is -2.33. The van der Waals surface area contributed by atoms with Crippen LogP contribution >= 0.6 is 11.6 Å². The van der Waals surface area contributed by atoms with Crippen LogP contribution in [0.15, 0.2) is 48.5 Å². The van der Waals surface area contributed by atoms with Gasteiger partial charge in [0.15, 0.2) is 0 Å². The van der Waals surface area contributed by atoms with Gasteiger partial charge in [0.25, 0.3) is 0 Å². The second-order valence-corrected chi connectivity index (χ2v) is 6.25. The molecule has 23 heavy (non-hydrogen) atoms. The van der Waals surface area contributed by atoms with Crippen LogP contribution in [0.4, 0.5) is 5.69 Å². The Labute approximate surface area is 139 Å². The fraction of sp³-hybridized carbons (Fsp3) is 0.222. The number of nitrogens with two attached hydrogens (primary N) is 1. The van der Waals surface area contributed by atoms with Crippen LogP contribution in [0.1, 0.15) is 28.3 Å². The minimum atomic E-state index is -0.476. The number of halogens is 1. The van der Waals surface area contributed by atoms with E-state index in [0.717, 1.165) is 17.7 Å². The number of carbonyl (C=O) groups excluding carboxylic acids is 2. The molecule has 0 spiro atoms. The summed E-state index contributed by atoms with van der Waals surface area (Å²) < 4.78 is 0. The molecule has 0 bridgehead atoms. The van der Waals surface area contributed by atoms with Gasteiger partial charge in [-0.15, -0.1) is 0 Å². The third kappa shape index (κ3) is 3.22. The summed E-state index contributed by atoms with van der Waals surface area (Å²) >= 11 is 5.89. The van der Waals surface area contributed by atoms with Gasteiger partial charge in [0, 0.05) is 29.2 Å². The van der Waals surface area contributed by atoms with E-state index in [4.69, 9.17) is 17.3 Å². The van der Waals surface area contributed by atoms with Gasteiger partial charge in [0.1, 0.15) is 0 Å². The maximum Gasteiger partial charge on any atom is 0.248 e. The van der Waals surface area contributed by atoms with Gasteiger partial charge in [-0.25, -0.2) is 0 Å². The molecule has 0 radical (unpaired) electrons. The number of hydrogen-bond donors (Lipinski definition) is 1. The number of rotatable bonds is 4. The summed E-state index contributed by atoms with van der Waals surface area (Å²) in [6.07, 6.45) is 0.851. The summed E-state index contributed by atoms with van der Waals surface area (Å²) in [6, 6.07) is 14.4. The molecule has 2 aromatic carbocycles. The minimum absolute atomic E-state index is 0.00278. The summed E-state index contributed by atoms with van der Waals surface area (Å²) in [5.74, 6) is -0.142. The first-order valence-corrected chi connectivity index (χ1v) is 7.78. The molecule has 1 fully saturated rings. The SMILES string of the molecule is CN(C(=O)C1CC1c1ccc(Cl)cc1)c1ccc(C(N)=O)cc1. The summed E-state index contributed by atoms with van der Waals surface area (Å²) in [5.41, 5.74) is 7.55. The van der Waals surface area contributed by atoms with Crippen molar-refractivity contribution in [3.05, 3.63) is 64.7 Å². The van der Waals surface area contributed by atoms with E-state index in [2.05, 4.69) is 0 Å². The highest BCUT2D eigenvalue weighted by Gasteiger charge is 2.45. The molecular formula is C18H17ClN2O2. The Balaban J connectivity index is 1.69. The summed E-state index contributed by atoms with van der Waals surface area (Å²) in [4.78, 5) is 25.3. The number of benzene rings is 2. The number of anilines is 1. The van der Waals surface area contributed by atoms with Crippen LogP contribution in [0.2, 0.25) is 5.02 Å². The van der Waals surface area contributed by atoms with Crippen molar-refractivity contribution >= 4 is 29.1 Å². The molecule has 1 aliphatic carbocycles. The lowest BCUT2D eigenvalue weighted by Crippen LogP contribution is -2.28. The molecule has 0 aromatic heterocycles. The highest BCUT2D eigenvalue weighted by atomic mass is 35.5. The Bertz CT molecular complexity index is 741. The molecule has 3 rings (SSSR count).